The number of hydrogen-bond acceptors (Lipinski definition) is 2. The summed E-state index contributed by atoms with van der Waals surface area (Å²) in [5, 5.41) is 3.67. The van der Waals surface area contributed by atoms with Crippen LogP contribution in [0.1, 0.15) is 49.4 Å². The van der Waals surface area contributed by atoms with Crippen LogP contribution >= 0.6 is 0 Å². The number of ether oxygens (including phenoxy) is 1. The van der Waals surface area contributed by atoms with Crippen molar-refractivity contribution in [3.8, 4) is 0 Å². The molecule has 18 heavy (non-hydrogen) atoms. The minimum atomic E-state index is 0.508. The summed E-state index contributed by atoms with van der Waals surface area (Å²) in [6, 6.07) is 7.41. The van der Waals surface area contributed by atoms with Crippen LogP contribution in [0.3, 0.4) is 0 Å². The van der Waals surface area contributed by atoms with Crippen molar-refractivity contribution >= 4 is 0 Å². The van der Waals surface area contributed by atoms with Crippen LogP contribution in [0, 0.1) is 11.8 Å². The van der Waals surface area contributed by atoms with Crippen molar-refractivity contribution in [3.05, 3.63) is 34.9 Å². The minimum absolute atomic E-state index is 0.508. The number of rotatable bonds is 5. The maximum atomic E-state index is 5.51. The SMILES string of the molecule is CCNC(c1ccc2c(c1)COC2)C(C)C1CC1. The molecule has 98 valence electrons. The number of benzene rings is 1. The Morgan fingerprint density at radius 2 is 2.06 bits per heavy atom. The molecule has 0 radical (unpaired) electrons. The monoisotopic (exact) mass is 245 g/mol. The molecule has 2 heteroatoms. The fraction of sp³-hybridized carbons (Fsp3) is 0.625. The Hall–Kier alpha value is -0.860. The van der Waals surface area contributed by atoms with Crippen molar-refractivity contribution in [2.45, 2.75) is 45.9 Å². The van der Waals surface area contributed by atoms with Gasteiger partial charge in [-0.25, -0.2) is 0 Å². The van der Waals surface area contributed by atoms with Crippen LogP contribution < -0.4 is 5.32 Å². The van der Waals surface area contributed by atoms with Gasteiger partial charge in [0, 0.05) is 6.04 Å². The molecule has 2 unspecified atom stereocenters. The molecule has 1 heterocycles. The Bertz CT molecular complexity index is 425. The third-order valence-corrected chi connectivity index (χ3v) is 4.42. The van der Waals surface area contributed by atoms with Crippen LogP contribution in [0.15, 0.2) is 18.2 Å². The summed E-state index contributed by atoms with van der Waals surface area (Å²) in [6.07, 6.45) is 2.83. The zero-order chi connectivity index (χ0) is 12.5. The quantitative estimate of drug-likeness (QED) is 0.858. The number of hydrogen-bond donors (Lipinski definition) is 1. The first kappa shape index (κ1) is 12.2. The number of fused-ring (bicyclic) bond motifs is 1. The Balaban J connectivity index is 1.84. The molecule has 1 aromatic rings. The van der Waals surface area contributed by atoms with E-state index in [1.807, 2.05) is 0 Å². The van der Waals surface area contributed by atoms with Gasteiger partial charge in [-0.1, -0.05) is 32.0 Å². The first-order valence-electron chi connectivity index (χ1n) is 7.22. The lowest BCUT2D eigenvalue weighted by atomic mass is 9.89. The Labute approximate surface area is 110 Å². The van der Waals surface area contributed by atoms with Crippen LogP contribution in [0.25, 0.3) is 0 Å². The maximum Gasteiger partial charge on any atom is 0.0725 e. The topological polar surface area (TPSA) is 21.3 Å². The molecule has 1 fully saturated rings. The normalized spacial score (nSPS) is 21.7. The van der Waals surface area contributed by atoms with E-state index in [2.05, 4.69) is 37.4 Å². The third-order valence-electron chi connectivity index (χ3n) is 4.42. The summed E-state index contributed by atoms with van der Waals surface area (Å²) in [6.45, 7) is 7.21. The first-order chi connectivity index (χ1) is 8.79. The van der Waals surface area contributed by atoms with Crippen LogP contribution in [0.5, 0.6) is 0 Å². The van der Waals surface area contributed by atoms with Crippen molar-refractivity contribution in [2.24, 2.45) is 11.8 Å². The fourth-order valence-electron chi connectivity index (χ4n) is 3.11. The second-order valence-electron chi connectivity index (χ2n) is 5.75. The average molecular weight is 245 g/mol. The molecule has 0 amide bonds. The smallest absolute Gasteiger partial charge is 0.0725 e. The van der Waals surface area contributed by atoms with E-state index in [0.717, 1.165) is 31.6 Å². The molecule has 0 spiro atoms. The van der Waals surface area contributed by atoms with Gasteiger partial charge in [0.25, 0.3) is 0 Å². The molecule has 1 aliphatic heterocycles. The van der Waals surface area contributed by atoms with E-state index >= 15 is 0 Å². The largest absolute Gasteiger partial charge is 0.372 e. The zero-order valence-electron chi connectivity index (χ0n) is 11.4. The van der Waals surface area contributed by atoms with E-state index in [4.69, 9.17) is 4.74 Å². The maximum absolute atomic E-state index is 5.51. The predicted octanol–water partition coefficient (Wildman–Crippen LogP) is 3.41. The standard InChI is InChI=1S/C16H23NO/c1-3-17-16(11(2)12-4-5-12)13-6-7-14-9-18-10-15(14)8-13/h6-8,11-12,16-17H,3-5,9-10H2,1-2H3. The summed E-state index contributed by atoms with van der Waals surface area (Å²) < 4.78 is 5.51. The van der Waals surface area contributed by atoms with Gasteiger partial charge in [-0.15, -0.1) is 0 Å². The van der Waals surface area contributed by atoms with Crippen molar-refractivity contribution in [1.29, 1.82) is 0 Å². The molecule has 1 saturated carbocycles. The van der Waals surface area contributed by atoms with Crippen molar-refractivity contribution < 1.29 is 4.74 Å². The highest BCUT2D eigenvalue weighted by Crippen LogP contribution is 2.43. The van der Waals surface area contributed by atoms with Gasteiger partial charge in [-0.05, 0) is 47.9 Å². The van der Waals surface area contributed by atoms with Gasteiger partial charge in [0.15, 0.2) is 0 Å². The van der Waals surface area contributed by atoms with Crippen LogP contribution in [0.4, 0.5) is 0 Å². The first-order valence-corrected chi connectivity index (χ1v) is 7.22. The predicted molar refractivity (Wildman–Crippen MR) is 73.2 cm³/mol. The van der Waals surface area contributed by atoms with Crippen molar-refractivity contribution in [2.75, 3.05) is 6.54 Å². The Morgan fingerprint density at radius 1 is 1.28 bits per heavy atom. The van der Waals surface area contributed by atoms with Crippen LogP contribution in [-0.2, 0) is 18.0 Å². The van der Waals surface area contributed by atoms with Gasteiger partial charge < -0.3 is 10.1 Å². The van der Waals surface area contributed by atoms with Crippen LogP contribution in [0.2, 0.25) is 0 Å². The summed E-state index contributed by atoms with van der Waals surface area (Å²) in [4.78, 5) is 0. The molecule has 0 bridgehead atoms. The molecule has 2 atom stereocenters. The van der Waals surface area contributed by atoms with E-state index in [-0.39, 0.29) is 0 Å². The van der Waals surface area contributed by atoms with E-state index < -0.39 is 0 Å². The van der Waals surface area contributed by atoms with Gasteiger partial charge in [0.05, 0.1) is 13.2 Å². The number of nitrogens with one attached hydrogen (secondary N) is 1. The fourth-order valence-corrected chi connectivity index (χ4v) is 3.11. The van der Waals surface area contributed by atoms with Crippen molar-refractivity contribution in [1.82, 2.24) is 5.32 Å². The molecule has 1 N–H and O–H groups in total. The third kappa shape index (κ3) is 2.32. The molecular formula is C16H23NO. The van der Waals surface area contributed by atoms with E-state index in [0.29, 0.717) is 6.04 Å². The second kappa shape index (κ2) is 5.02. The lowest BCUT2D eigenvalue weighted by molar-refractivity contribution is 0.134. The molecule has 2 nitrogen and oxygen atoms in total. The highest BCUT2D eigenvalue weighted by atomic mass is 16.5. The lowest BCUT2D eigenvalue weighted by Crippen LogP contribution is -2.28. The summed E-state index contributed by atoms with van der Waals surface area (Å²) >= 11 is 0. The highest BCUT2D eigenvalue weighted by molar-refractivity contribution is 5.35. The Morgan fingerprint density at radius 3 is 2.78 bits per heavy atom. The molecule has 1 aliphatic carbocycles. The van der Waals surface area contributed by atoms with Gasteiger partial charge in [-0.2, -0.15) is 0 Å². The van der Waals surface area contributed by atoms with Gasteiger partial charge in [0.1, 0.15) is 0 Å². The average Bonchev–Trinajstić information content (AvgIpc) is 3.13. The second-order valence-corrected chi connectivity index (χ2v) is 5.75. The molecule has 2 aliphatic rings. The van der Waals surface area contributed by atoms with Gasteiger partial charge in [0.2, 0.25) is 0 Å². The van der Waals surface area contributed by atoms with E-state index in [1.54, 1.807) is 0 Å². The summed E-state index contributed by atoms with van der Waals surface area (Å²) in [5.41, 5.74) is 4.20. The molecule has 0 saturated heterocycles. The molecule has 3 rings (SSSR count). The summed E-state index contributed by atoms with van der Waals surface area (Å²) in [5.74, 6) is 1.67. The molecule has 0 aromatic heterocycles. The van der Waals surface area contributed by atoms with Gasteiger partial charge >= 0.3 is 0 Å². The van der Waals surface area contributed by atoms with Crippen LogP contribution in [-0.4, -0.2) is 6.54 Å². The lowest BCUT2D eigenvalue weighted by Gasteiger charge is -2.25. The minimum Gasteiger partial charge on any atom is -0.372 e. The van der Waals surface area contributed by atoms with Gasteiger partial charge in [-0.3, -0.25) is 0 Å². The van der Waals surface area contributed by atoms with E-state index in [1.165, 1.54) is 29.5 Å². The van der Waals surface area contributed by atoms with E-state index in [9.17, 15) is 0 Å². The molecule has 1 aromatic carbocycles. The highest BCUT2D eigenvalue weighted by Gasteiger charge is 2.33. The molecular weight excluding hydrogens is 222 g/mol. The zero-order valence-corrected chi connectivity index (χ0v) is 11.4. The van der Waals surface area contributed by atoms with Crippen molar-refractivity contribution in [3.63, 3.8) is 0 Å². The Kier molecular flexibility index (Phi) is 3.40. The summed E-state index contributed by atoms with van der Waals surface area (Å²) in [7, 11) is 0.